The maximum absolute atomic E-state index is 10.7. The van der Waals surface area contributed by atoms with Crippen molar-refractivity contribution < 1.29 is 8.42 Å². The number of rotatable bonds is 6. The molecule has 1 rings (SSSR count). The number of nitrogens with one attached hydrogen (secondary N) is 2. The zero-order valence-corrected chi connectivity index (χ0v) is 10.4. The Bertz CT molecular complexity index is 400. The summed E-state index contributed by atoms with van der Waals surface area (Å²) in [5.41, 5.74) is 0.997. The summed E-state index contributed by atoms with van der Waals surface area (Å²) in [7, 11) is -3.07. The van der Waals surface area contributed by atoms with Crippen molar-refractivity contribution in [1.82, 2.24) is 15.0 Å². The first-order chi connectivity index (χ1) is 6.97. The van der Waals surface area contributed by atoms with Gasteiger partial charge in [0.15, 0.2) is 0 Å². The number of hydrogen-bond donors (Lipinski definition) is 2. The molecule has 0 bridgehead atoms. The minimum absolute atomic E-state index is 0.405. The van der Waals surface area contributed by atoms with Crippen molar-refractivity contribution in [3.63, 3.8) is 0 Å². The zero-order chi connectivity index (χ0) is 11.3. The molecule has 7 heteroatoms. The summed E-state index contributed by atoms with van der Waals surface area (Å²) in [6, 6.07) is 0. The molecule has 0 spiro atoms. The van der Waals surface area contributed by atoms with E-state index in [0.29, 0.717) is 19.6 Å². The summed E-state index contributed by atoms with van der Waals surface area (Å²) in [6.45, 7) is 3.64. The highest BCUT2D eigenvalue weighted by molar-refractivity contribution is 7.88. The first-order valence-electron chi connectivity index (χ1n) is 4.54. The lowest BCUT2D eigenvalue weighted by molar-refractivity contribution is 0.581. The van der Waals surface area contributed by atoms with E-state index in [-0.39, 0.29) is 0 Å². The van der Waals surface area contributed by atoms with Crippen LogP contribution in [0.25, 0.3) is 0 Å². The Hall–Kier alpha value is -0.500. The Labute approximate surface area is 94.0 Å². The summed E-state index contributed by atoms with van der Waals surface area (Å²) in [5, 5.41) is 6.14. The molecule has 0 aliphatic carbocycles. The van der Waals surface area contributed by atoms with Crippen molar-refractivity contribution in [3.8, 4) is 0 Å². The molecule has 0 amide bonds. The Kier molecular flexibility index (Phi) is 4.65. The highest BCUT2D eigenvalue weighted by Gasteiger charge is 1.99. The van der Waals surface area contributed by atoms with Gasteiger partial charge in [0.25, 0.3) is 0 Å². The van der Waals surface area contributed by atoms with Gasteiger partial charge in [0.1, 0.15) is 0 Å². The van der Waals surface area contributed by atoms with Crippen molar-refractivity contribution in [2.24, 2.45) is 0 Å². The third kappa shape index (κ3) is 5.83. The number of aryl methyl sites for hydroxylation is 1. The largest absolute Gasteiger partial charge is 0.310 e. The van der Waals surface area contributed by atoms with Gasteiger partial charge in [-0.1, -0.05) is 0 Å². The average Bonchev–Trinajstić information content (AvgIpc) is 2.49. The van der Waals surface area contributed by atoms with Crippen LogP contribution in [-0.4, -0.2) is 32.7 Å². The van der Waals surface area contributed by atoms with Crippen LogP contribution in [0.4, 0.5) is 0 Å². The predicted octanol–water partition coefficient (Wildman–Crippen LogP) is 0.0903. The summed E-state index contributed by atoms with van der Waals surface area (Å²) < 4.78 is 23.8. The minimum Gasteiger partial charge on any atom is -0.310 e. The molecule has 0 fully saturated rings. The third-order valence-corrected chi connectivity index (χ3v) is 3.19. The lowest BCUT2D eigenvalue weighted by atomic mass is 10.5. The standard InChI is InChI=1S/C8H15N3O2S2/c1-7-11-8(6-14-7)5-9-3-4-10-15(2,12)13/h6,9-10H,3-5H2,1-2H3. The quantitative estimate of drug-likeness (QED) is 0.701. The molecule has 0 aliphatic heterocycles. The van der Waals surface area contributed by atoms with Crippen LogP contribution in [0.2, 0.25) is 0 Å². The molecular formula is C8H15N3O2S2. The van der Waals surface area contributed by atoms with Crippen LogP contribution in [0.3, 0.4) is 0 Å². The van der Waals surface area contributed by atoms with Gasteiger partial charge in [-0.2, -0.15) is 0 Å². The van der Waals surface area contributed by atoms with Gasteiger partial charge >= 0.3 is 0 Å². The second-order valence-electron chi connectivity index (χ2n) is 3.20. The molecule has 0 saturated carbocycles. The molecule has 0 unspecified atom stereocenters. The lowest BCUT2D eigenvalue weighted by Gasteiger charge is -2.03. The summed E-state index contributed by atoms with van der Waals surface area (Å²) in [6.07, 6.45) is 1.15. The summed E-state index contributed by atoms with van der Waals surface area (Å²) >= 11 is 1.61. The predicted molar refractivity (Wildman–Crippen MR) is 61.4 cm³/mol. The van der Waals surface area contributed by atoms with Gasteiger partial charge in [-0.3, -0.25) is 0 Å². The molecular weight excluding hydrogens is 234 g/mol. The minimum atomic E-state index is -3.07. The van der Waals surface area contributed by atoms with Crippen molar-refractivity contribution in [3.05, 3.63) is 16.1 Å². The summed E-state index contributed by atoms with van der Waals surface area (Å²) in [5.74, 6) is 0. The maximum atomic E-state index is 10.7. The molecule has 1 heterocycles. The van der Waals surface area contributed by atoms with Crippen LogP contribution >= 0.6 is 11.3 Å². The monoisotopic (exact) mass is 249 g/mol. The average molecular weight is 249 g/mol. The van der Waals surface area contributed by atoms with Crippen LogP contribution in [0.5, 0.6) is 0 Å². The van der Waals surface area contributed by atoms with E-state index in [1.807, 2.05) is 12.3 Å². The van der Waals surface area contributed by atoms with E-state index in [1.54, 1.807) is 11.3 Å². The SMILES string of the molecule is Cc1nc(CNCCNS(C)(=O)=O)cs1. The Morgan fingerprint density at radius 1 is 1.47 bits per heavy atom. The smallest absolute Gasteiger partial charge is 0.208 e. The van der Waals surface area contributed by atoms with Gasteiger partial charge in [0.2, 0.25) is 10.0 Å². The number of thiazole rings is 1. The molecule has 0 radical (unpaired) electrons. The number of sulfonamides is 1. The van der Waals surface area contributed by atoms with E-state index in [4.69, 9.17) is 0 Å². The van der Waals surface area contributed by atoms with Crippen LogP contribution in [0, 0.1) is 6.92 Å². The molecule has 0 saturated heterocycles. The fourth-order valence-electron chi connectivity index (χ4n) is 1.03. The molecule has 1 aromatic heterocycles. The van der Waals surface area contributed by atoms with E-state index < -0.39 is 10.0 Å². The Balaban J connectivity index is 2.12. The molecule has 5 nitrogen and oxygen atoms in total. The highest BCUT2D eigenvalue weighted by atomic mass is 32.2. The van der Waals surface area contributed by atoms with Crippen LogP contribution in [0.15, 0.2) is 5.38 Å². The van der Waals surface area contributed by atoms with E-state index in [0.717, 1.165) is 17.0 Å². The van der Waals surface area contributed by atoms with Gasteiger partial charge in [-0.05, 0) is 6.92 Å². The van der Waals surface area contributed by atoms with E-state index in [2.05, 4.69) is 15.0 Å². The van der Waals surface area contributed by atoms with Crippen molar-refractivity contribution >= 4 is 21.4 Å². The molecule has 15 heavy (non-hydrogen) atoms. The van der Waals surface area contributed by atoms with Crippen LogP contribution in [0.1, 0.15) is 10.7 Å². The molecule has 86 valence electrons. The number of nitrogens with zero attached hydrogens (tertiary/aromatic N) is 1. The van der Waals surface area contributed by atoms with Crippen molar-refractivity contribution in [2.75, 3.05) is 19.3 Å². The number of aromatic nitrogens is 1. The first-order valence-corrected chi connectivity index (χ1v) is 7.31. The van der Waals surface area contributed by atoms with E-state index in [9.17, 15) is 8.42 Å². The van der Waals surface area contributed by atoms with Crippen LogP contribution < -0.4 is 10.0 Å². The molecule has 0 aliphatic rings. The Morgan fingerprint density at radius 3 is 2.73 bits per heavy atom. The maximum Gasteiger partial charge on any atom is 0.208 e. The normalized spacial score (nSPS) is 11.9. The first kappa shape index (κ1) is 12.6. The lowest BCUT2D eigenvalue weighted by Crippen LogP contribution is -2.30. The van der Waals surface area contributed by atoms with Crippen molar-refractivity contribution in [2.45, 2.75) is 13.5 Å². The molecule has 0 aromatic carbocycles. The molecule has 2 N–H and O–H groups in total. The number of hydrogen-bond acceptors (Lipinski definition) is 5. The van der Waals surface area contributed by atoms with E-state index >= 15 is 0 Å². The zero-order valence-electron chi connectivity index (χ0n) is 8.78. The van der Waals surface area contributed by atoms with Gasteiger partial charge in [0.05, 0.1) is 17.0 Å². The topological polar surface area (TPSA) is 71.1 Å². The van der Waals surface area contributed by atoms with Gasteiger partial charge in [0, 0.05) is 25.0 Å². The van der Waals surface area contributed by atoms with Crippen molar-refractivity contribution in [1.29, 1.82) is 0 Å². The van der Waals surface area contributed by atoms with Crippen LogP contribution in [-0.2, 0) is 16.6 Å². The molecule has 1 aromatic rings. The van der Waals surface area contributed by atoms with Gasteiger partial charge < -0.3 is 5.32 Å². The van der Waals surface area contributed by atoms with E-state index in [1.165, 1.54) is 0 Å². The second-order valence-corrected chi connectivity index (χ2v) is 6.10. The highest BCUT2D eigenvalue weighted by Crippen LogP contribution is 2.06. The van der Waals surface area contributed by atoms with Gasteiger partial charge in [-0.25, -0.2) is 18.1 Å². The molecule has 0 atom stereocenters. The third-order valence-electron chi connectivity index (χ3n) is 1.64. The Morgan fingerprint density at radius 2 is 2.20 bits per heavy atom. The second kappa shape index (κ2) is 5.55. The fraction of sp³-hybridized carbons (Fsp3) is 0.625. The fourth-order valence-corrected chi connectivity index (χ4v) is 2.12. The van der Waals surface area contributed by atoms with Gasteiger partial charge in [-0.15, -0.1) is 11.3 Å². The summed E-state index contributed by atoms with van der Waals surface area (Å²) in [4.78, 5) is 4.27.